The Hall–Kier alpha value is -3.37. The zero-order chi connectivity index (χ0) is 25.3. The highest BCUT2D eigenvalue weighted by molar-refractivity contribution is 6.01. The standard InChI is InChI=1S/C32H36O4/c1-4-7-10-23-15-18-28-29(26-11-8-9-12-27(26)30(28)21-23)19-20-36-25-16-13-24(14-17-25)22-31(34-5-2)32(33)35-6-3/h8-9,11-19,21,31H,4-7,10,20,22H2,1-3H3/b29-19+. The van der Waals surface area contributed by atoms with Gasteiger partial charge >= 0.3 is 5.97 Å². The van der Waals surface area contributed by atoms with Gasteiger partial charge in [0, 0.05) is 13.0 Å². The van der Waals surface area contributed by atoms with E-state index in [1.165, 1.54) is 46.2 Å². The lowest BCUT2D eigenvalue weighted by Gasteiger charge is -2.15. The second kappa shape index (κ2) is 12.5. The number of aryl methyl sites for hydroxylation is 1. The van der Waals surface area contributed by atoms with Gasteiger partial charge in [0.05, 0.1) is 6.61 Å². The number of fused-ring (bicyclic) bond motifs is 3. The number of rotatable bonds is 12. The van der Waals surface area contributed by atoms with E-state index >= 15 is 0 Å². The van der Waals surface area contributed by atoms with E-state index in [2.05, 4.69) is 55.5 Å². The van der Waals surface area contributed by atoms with Gasteiger partial charge in [0.1, 0.15) is 12.4 Å². The lowest BCUT2D eigenvalue weighted by atomic mass is 9.99. The van der Waals surface area contributed by atoms with Crippen LogP contribution in [-0.2, 0) is 27.1 Å². The van der Waals surface area contributed by atoms with Gasteiger partial charge in [-0.25, -0.2) is 4.79 Å². The second-order valence-electron chi connectivity index (χ2n) is 9.00. The Morgan fingerprint density at radius 3 is 2.28 bits per heavy atom. The Morgan fingerprint density at radius 1 is 0.833 bits per heavy atom. The fourth-order valence-corrected chi connectivity index (χ4v) is 4.71. The molecule has 3 aromatic rings. The molecular formula is C32H36O4. The fraction of sp³-hybridized carbons (Fsp3) is 0.344. The fourth-order valence-electron chi connectivity index (χ4n) is 4.71. The van der Waals surface area contributed by atoms with Crippen LogP contribution in [0.15, 0.2) is 72.8 Å². The number of benzene rings is 3. The molecule has 4 nitrogen and oxygen atoms in total. The molecule has 1 unspecified atom stereocenters. The van der Waals surface area contributed by atoms with E-state index in [0.29, 0.717) is 26.2 Å². The summed E-state index contributed by atoms with van der Waals surface area (Å²) >= 11 is 0. The summed E-state index contributed by atoms with van der Waals surface area (Å²) < 4.78 is 16.8. The summed E-state index contributed by atoms with van der Waals surface area (Å²) in [6.07, 6.45) is 5.60. The third-order valence-electron chi connectivity index (χ3n) is 6.50. The van der Waals surface area contributed by atoms with Crippen LogP contribution in [-0.4, -0.2) is 31.9 Å². The lowest BCUT2D eigenvalue weighted by molar-refractivity contribution is -0.156. The SMILES string of the molecule is CCCCc1ccc2c(c1)-c1ccccc1/C2=C\COc1ccc(CC(OCC)C(=O)OCC)cc1. The first kappa shape index (κ1) is 25.7. The highest BCUT2D eigenvalue weighted by Gasteiger charge is 2.23. The molecule has 0 fully saturated rings. The van der Waals surface area contributed by atoms with Crippen LogP contribution in [0.3, 0.4) is 0 Å². The molecule has 0 aliphatic heterocycles. The largest absolute Gasteiger partial charge is 0.490 e. The number of esters is 1. The van der Waals surface area contributed by atoms with Crippen molar-refractivity contribution in [3.8, 4) is 16.9 Å². The number of carbonyl (C=O) groups excluding carboxylic acids is 1. The summed E-state index contributed by atoms with van der Waals surface area (Å²) in [6.45, 7) is 7.20. The number of ether oxygens (including phenoxy) is 3. The highest BCUT2D eigenvalue weighted by Crippen LogP contribution is 2.44. The lowest BCUT2D eigenvalue weighted by Crippen LogP contribution is -2.28. The third kappa shape index (κ3) is 6.06. The topological polar surface area (TPSA) is 44.8 Å². The van der Waals surface area contributed by atoms with E-state index in [0.717, 1.165) is 17.7 Å². The predicted molar refractivity (Wildman–Crippen MR) is 145 cm³/mol. The maximum Gasteiger partial charge on any atom is 0.335 e. The summed E-state index contributed by atoms with van der Waals surface area (Å²) in [4.78, 5) is 12.1. The van der Waals surface area contributed by atoms with Crippen LogP contribution in [0.5, 0.6) is 5.75 Å². The van der Waals surface area contributed by atoms with Gasteiger partial charge in [-0.1, -0.05) is 67.9 Å². The van der Waals surface area contributed by atoms with Crippen molar-refractivity contribution < 1.29 is 19.0 Å². The Balaban J connectivity index is 1.44. The van der Waals surface area contributed by atoms with Gasteiger partial charge in [-0.2, -0.15) is 0 Å². The van der Waals surface area contributed by atoms with Gasteiger partial charge in [-0.15, -0.1) is 0 Å². The van der Waals surface area contributed by atoms with Crippen molar-refractivity contribution in [2.45, 2.75) is 52.6 Å². The Labute approximate surface area is 214 Å². The molecule has 1 aliphatic carbocycles. The minimum atomic E-state index is -0.587. The Morgan fingerprint density at radius 2 is 1.56 bits per heavy atom. The average molecular weight is 485 g/mol. The maximum atomic E-state index is 12.1. The van der Waals surface area contributed by atoms with Crippen molar-refractivity contribution in [1.82, 2.24) is 0 Å². The molecule has 0 saturated carbocycles. The van der Waals surface area contributed by atoms with Crippen molar-refractivity contribution in [3.05, 3.63) is 95.1 Å². The van der Waals surface area contributed by atoms with E-state index in [9.17, 15) is 4.79 Å². The Bertz CT molecular complexity index is 1190. The van der Waals surface area contributed by atoms with Gasteiger partial charge in [0.25, 0.3) is 0 Å². The maximum absolute atomic E-state index is 12.1. The molecule has 0 bridgehead atoms. The molecule has 188 valence electrons. The molecule has 0 amide bonds. The number of unbranched alkanes of at least 4 members (excludes halogenated alkanes) is 1. The summed E-state index contributed by atoms with van der Waals surface area (Å²) in [6, 6.07) is 23.3. The van der Waals surface area contributed by atoms with Gasteiger partial charge in [0.15, 0.2) is 6.10 Å². The zero-order valence-corrected chi connectivity index (χ0v) is 21.6. The molecule has 0 heterocycles. The first-order chi connectivity index (χ1) is 17.6. The van der Waals surface area contributed by atoms with E-state index in [1.807, 2.05) is 31.2 Å². The quantitative estimate of drug-likeness (QED) is 0.203. The van der Waals surface area contributed by atoms with E-state index in [4.69, 9.17) is 14.2 Å². The number of hydrogen-bond acceptors (Lipinski definition) is 4. The van der Waals surface area contributed by atoms with E-state index in [1.54, 1.807) is 6.92 Å². The van der Waals surface area contributed by atoms with Crippen LogP contribution in [0, 0.1) is 0 Å². The van der Waals surface area contributed by atoms with E-state index in [-0.39, 0.29) is 5.97 Å². The third-order valence-corrected chi connectivity index (χ3v) is 6.50. The molecule has 3 aromatic carbocycles. The molecule has 0 radical (unpaired) electrons. The van der Waals surface area contributed by atoms with Gasteiger partial charge in [-0.3, -0.25) is 0 Å². The van der Waals surface area contributed by atoms with E-state index < -0.39 is 6.10 Å². The summed E-state index contributed by atoms with van der Waals surface area (Å²) in [5.41, 5.74) is 8.79. The van der Waals surface area contributed by atoms with Gasteiger partial charge in [-0.05, 0) is 83.9 Å². The molecule has 0 N–H and O–H groups in total. The van der Waals surface area contributed by atoms with Crippen molar-refractivity contribution in [1.29, 1.82) is 0 Å². The molecule has 4 heteroatoms. The van der Waals surface area contributed by atoms with Gasteiger partial charge in [0.2, 0.25) is 0 Å². The molecule has 36 heavy (non-hydrogen) atoms. The first-order valence-corrected chi connectivity index (χ1v) is 13.1. The molecule has 0 spiro atoms. The van der Waals surface area contributed by atoms with Crippen LogP contribution in [0.4, 0.5) is 0 Å². The van der Waals surface area contributed by atoms with Crippen LogP contribution in [0.2, 0.25) is 0 Å². The predicted octanol–water partition coefficient (Wildman–Crippen LogP) is 7.03. The normalized spacial score (nSPS) is 13.8. The molecule has 1 atom stereocenters. The second-order valence-corrected chi connectivity index (χ2v) is 9.00. The van der Waals surface area contributed by atoms with Crippen molar-refractivity contribution in [2.24, 2.45) is 0 Å². The van der Waals surface area contributed by atoms with Crippen LogP contribution >= 0.6 is 0 Å². The van der Waals surface area contributed by atoms with Crippen LogP contribution < -0.4 is 4.74 Å². The summed E-state index contributed by atoms with van der Waals surface area (Å²) in [5.74, 6) is 0.474. The van der Waals surface area contributed by atoms with Crippen LogP contribution in [0.1, 0.15) is 55.9 Å². The van der Waals surface area contributed by atoms with Crippen molar-refractivity contribution in [2.75, 3.05) is 19.8 Å². The summed E-state index contributed by atoms with van der Waals surface area (Å²) in [5, 5.41) is 0. The highest BCUT2D eigenvalue weighted by atomic mass is 16.6. The van der Waals surface area contributed by atoms with Crippen LogP contribution in [0.25, 0.3) is 16.7 Å². The smallest absolute Gasteiger partial charge is 0.335 e. The number of hydrogen-bond donors (Lipinski definition) is 0. The molecule has 1 aliphatic rings. The molecule has 0 saturated heterocycles. The minimum absolute atomic E-state index is 0.319. The monoisotopic (exact) mass is 484 g/mol. The molecule has 4 rings (SSSR count). The Kier molecular flexibility index (Phi) is 8.96. The average Bonchev–Trinajstić information content (AvgIpc) is 3.21. The molecular weight excluding hydrogens is 448 g/mol. The first-order valence-electron chi connectivity index (χ1n) is 13.1. The van der Waals surface area contributed by atoms with Crippen molar-refractivity contribution in [3.63, 3.8) is 0 Å². The molecule has 0 aromatic heterocycles. The minimum Gasteiger partial charge on any atom is -0.490 e. The zero-order valence-electron chi connectivity index (χ0n) is 21.6. The summed E-state index contributed by atoms with van der Waals surface area (Å²) in [7, 11) is 0. The van der Waals surface area contributed by atoms with Gasteiger partial charge < -0.3 is 14.2 Å². The number of carbonyl (C=O) groups is 1. The van der Waals surface area contributed by atoms with Crippen molar-refractivity contribution >= 4 is 11.5 Å².